The largest absolute Gasteiger partial charge is 0.494 e. The van der Waals surface area contributed by atoms with Gasteiger partial charge in [0.25, 0.3) is 0 Å². The maximum atomic E-state index is 5.68. The number of hydrogen-bond donors (Lipinski definition) is 2. The summed E-state index contributed by atoms with van der Waals surface area (Å²) in [6, 6.07) is 7.89. The Labute approximate surface area is 109 Å². The molecule has 18 heavy (non-hydrogen) atoms. The third-order valence-corrected chi connectivity index (χ3v) is 3.47. The molecule has 4 heteroatoms. The van der Waals surface area contributed by atoms with Crippen molar-refractivity contribution in [3.05, 3.63) is 29.8 Å². The van der Waals surface area contributed by atoms with Gasteiger partial charge >= 0.3 is 0 Å². The van der Waals surface area contributed by atoms with E-state index >= 15 is 0 Å². The lowest BCUT2D eigenvalue weighted by atomic mass is 9.88. The zero-order chi connectivity index (χ0) is 13.6. The fourth-order valence-electron chi connectivity index (χ4n) is 2.01. The third kappa shape index (κ3) is 3.22. The molecule has 0 heterocycles. The van der Waals surface area contributed by atoms with E-state index in [1.54, 1.807) is 7.11 Å². The molecule has 102 valence electrons. The van der Waals surface area contributed by atoms with Crippen molar-refractivity contribution in [2.24, 2.45) is 5.84 Å². The summed E-state index contributed by atoms with van der Waals surface area (Å²) in [5.74, 6) is 6.55. The highest BCUT2D eigenvalue weighted by atomic mass is 16.5. The maximum Gasteiger partial charge on any atom is 0.119 e. The van der Waals surface area contributed by atoms with Crippen LogP contribution in [0.3, 0.4) is 0 Å². The Morgan fingerprint density at radius 2 is 1.89 bits per heavy atom. The van der Waals surface area contributed by atoms with Gasteiger partial charge in [-0.2, -0.15) is 0 Å². The molecule has 0 aliphatic heterocycles. The minimum absolute atomic E-state index is 0.0526. The van der Waals surface area contributed by atoms with E-state index in [-0.39, 0.29) is 11.6 Å². The van der Waals surface area contributed by atoms with Crippen LogP contribution in [0.15, 0.2) is 24.3 Å². The fraction of sp³-hybridized carbons (Fsp3) is 0.571. The average Bonchev–Trinajstić information content (AvgIpc) is 2.41. The van der Waals surface area contributed by atoms with Crippen LogP contribution in [0.25, 0.3) is 0 Å². The van der Waals surface area contributed by atoms with Crippen molar-refractivity contribution in [2.45, 2.75) is 38.8 Å². The predicted molar refractivity (Wildman–Crippen MR) is 73.4 cm³/mol. The molecule has 0 aliphatic carbocycles. The first-order valence-corrected chi connectivity index (χ1v) is 6.35. The minimum atomic E-state index is -0.331. The topological polar surface area (TPSA) is 56.5 Å². The number of ether oxygens (including phenoxy) is 2. The lowest BCUT2D eigenvalue weighted by Gasteiger charge is -2.35. The molecule has 0 saturated carbocycles. The number of nitrogens with two attached hydrogens (primary N) is 1. The second-order valence-electron chi connectivity index (χ2n) is 4.47. The van der Waals surface area contributed by atoms with Crippen molar-refractivity contribution in [3.63, 3.8) is 0 Å². The molecule has 0 radical (unpaired) electrons. The highest BCUT2D eigenvalue weighted by Gasteiger charge is 2.33. The molecule has 4 nitrogen and oxygen atoms in total. The minimum Gasteiger partial charge on any atom is -0.494 e. The van der Waals surface area contributed by atoms with Crippen LogP contribution in [-0.4, -0.2) is 19.3 Å². The molecule has 1 aromatic rings. The van der Waals surface area contributed by atoms with Crippen LogP contribution in [0, 0.1) is 0 Å². The van der Waals surface area contributed by atoms with Gasteiger partial charge in [-0.15, -0.1) is 0 Å². The van der Waals surface area contributed by atoms with Gasteiger partial charge in [0.1, 0.15) is 5.75 Å². The zero-order valence-electron chi connectivity index (χ0n) is 11.7. The molecule has 0 bridgehead atoms. The number of nitrogens with one attached hydrogen (secondary N) is 1. The summed E-state index contributed by atoms with van der Waals surface area (Å²) in [5.41, 5.74) is 3.60. The summed E-state index contributed by atoms with van der Waals surface area (Å²) < 4.78 is 11.0. The zero-order valence-corrected chi connectivity index (χ0v) is 11.7. The lowest BCUT2D eigenvalue weighted by Crippen LogP contribution is -2.45. The summed E-state index contributed by atoms with van der Waals surface area (Å²) in [6.45, 7) is 6.77. The molecule has 0 saturated heterocycles. The number of benzene rings is 1. The quantitative estimate of drug-likeness (QED) is 0.578. The van der Waals surface area contributed by atoms with Gasteiger partial charge in [0.2, 0.25) is 0 Å². The van der Waals surface area contributed by atoms with Crippen LogP contribution in [-0.2, 0) is 4.74 Å². The molecule has 0 spiro atoms. The van der Waals surface area contributed by atoms with Crippen LogP contribution in [0.5, 0.6) is 5.75 Å². The molecule has 2 atom stereocenters. The standard InChI is InChI=1S/C14H24N2O2/c1-5-14(3,17-4)13(16-15)11-7-9-12(10-8-11)18-6-2/h7-10,13,16H,5-6,15H2,1-4H3. The predicted octanol–water partition coefficient (Wildman–Crippen LogP) is 2.40. The summed E-state index contributed by atoms with van der Waals surface area (Å²) in [6.07, 6.45) is 0.867. The van der Waals surface area contributed by atoms with E-state index in [1.807, 2.05) is 38.1 Å². The summed E-state index contributed by atoms with van der Waals surface area (Å²) in [5, 5.41) is 0. The number of methoxy groups -OCH3 is 1. The molecule has 1 rings (SSSR count). The van der Waals surface area contributed by atoms with Gasteiger partial charge in [0.15, 0.2) is 0 Å². The second-order valence-corrected chi connectivity index (χ2v) is 4.47. The molecule has 1 aromatic carbocycles. The van der Waals surface area contributed by atoms with Crippen LogP contribution in [0.4, 0.5) is 0 Å². The van der Waals surface area contributed by atoms with Crippen molar-refractivity contribution in [1.29, 1.82) is 0 Å². The Kier molecular flexibility index (Phi) is 5.59. The first kappa shape index (κ1) is 15.0. The molecule has 2 unspecified atom stereocenters. The number of hydrazine groups is 1. The monoisotopic (exact) mass is 252 g/mol. The second kappa shape index (κ2) is 6.73. The first-order valence-electron chi connectivity index (χ1n) is 6.35. The Morgan fingerprint density at radius 3 is 2.28 bits per heavy atom. The number of rotatable bonds is 7. The maximum absolute atomic E-state index is 5.68. The first-order chi connectivity index (χ1) is 8.61. The Bertz CT molecular complexity index is 347. The van der Waals surface area contributed by atoms with Gasteiger partial charge in [0, 0.05) is 7.11 Å². The molecular formula is C14H24N2O2. The third-order valence-electron chi connectivity index (χ3n) is 3.47. The Balaban J connectivity index is 2.95. The van der Waals surface area contributed by atoms with Gasteiger partial charge in [0.05, 0.1) is 18.2 Å². The Hall–Kier alpha value is -1.10. The van der Waals surface area contributed by atoms with Crippen LogP contribution in [0.1, 0.15) is 38.8 Å². The molecule has 0 fully saturated rings. The smallest absolute Gasteiger partial charge is 0.119 e. The molecular weight excluding hydrogens is 228 g/mol. The average molecular weight is 252 g/mol. The highest BCUT2D eigenvalue weighted by Crippen LogP contribution is 2.31. The molecule has 3 N–H and O–H groups in total. The van der Waals surface area contributed by atoms with Crippen molar-refractivity contribution in [3.8, 4) is 5.75 Å². The van der Waals surface area contributed by atoms with E-state index in [0.717, 1.165) is 17.7 Å². The van der Waals surface area contributed by atoms with Gasteiger partial charge in [-0.25, -0.2) is 0 Å². The molecule has 0 amide bonds. The van der Waals surface area contributed by atoms with Gasteiger partial charge < -0.3 is 9.47 Å². The van der Waals surface area contributed by atoms with Crippen LogP contribution < -0.4 is 16.0 Å². The van der Waals surface area contributed by atoms with Crippen LogP contribution >= 0.6 is 0 Å². The lowest BCUT2D eigenvalue weighted by molar-refractivity contribution is -0.0300. The van der Waals surface area contributed by atoms with E-state index in [2.05, 4.69) is 12.3 Å². The fourth-order valence-corrected chi connectivity index (χ4v) is 2.01. The van der Waals surface area contributed by atoms with Gasteiger partial charge in [-0.1, -0.05) is 19.1 Å². The van der Waals surface area contributed by atoms with Gasteiger partial charge in [-0.3, -0.25) is 11.3 Å². The van der Waals surface area contributed by atoms with Crippen molar-refractivity contribution in [2.75, 3.05) is 13.7 Å². The van der Waals surface area contributed by atoms with Crippen molar-refractivity contribution in [1.82, 2.24) is 5.43 Å². The van der Waals surface area contributed by atoms with Gasteiger partial charge in [-0.05, 0) is 38.0 Å². The van der Waals surface area contributed by atoms with E-state index < -0.39 is 0 Å². The normalized spacial score (nSPS) is 16.1. The SMILES string of the molecule is CCOc1ccc(C(NN)C(C)(CC)OC)cc1. The summed E-state index contributed by atoms with van der Waals surface area (Å²) in [7, 11) is 1.71. The number of hydrogen-bond acceptors (Lipinski definition) is 4. The molecule has 0 aromatic heterocycles. The summed E-state index contributed by atoms with van der Waals surface area (Å²) >= 11 is 0. The van der Waals surface area contributed by atoms with E-state index in [4.69, 9.17) is 15.3 Å². The van der Waals surface area contributed by atoms with E-state index in [1.165, 1.54) is 0 Å². The van der Waals surface area contributed by atoms with E-state index in [9.17, 15) is 0 Å². The molecule has 0 aliphatic rings. The van der Waals surface area contributed by atoms with Crippen molar-refractivity contribution >= 4 is 0 Å². The Morgan fingerprint density at radius 1 is 1.28 bits per heavy atom. The van der Waals surface area contributed by atoms with E-state index in [0.29, 0.717) is 6.61 Å². The summed E-state index contributed by atoms with van der Waals surface area (Å²) in [4.78, 5) is 0. The highest BCUT2D eigenvalue weighted by molar-refractivity contribution is 5.30. The van der Waals surface area contributed by atoms with Crippen molar-refractivity contribution < 1.29 is 9.47 Å². The van der Waals surface area contributed by atoms with Crippen LogP contribution in [0.2, 0.25) is 0 Å².